The highest BCUT2D eigenvalue weighted by molar-refractivity contribution is 7.80. The Kier molecular flexibility index (Phi) is 6.86. The molecule has 3 aliphatic rings. The second kappa shape index (κ2) is 8.79. The van der Waals surface area contributed by atoms with Crippen molar-refractivity contribution in [1.82, 2.24) is 15.5 Å². The van der Waals surface area contributed by atoms with Crippen LogP contribution in [0.5, 0.6) is 0 Å². The fraction of sp³-hybridized carbons (Fsp3) is 0.864. The Balaban J connectivity index is 1.63. The van der Waals surface area contributed by atoms with Crippen LogP contribution in [0.2, 0.25) is 0 Å². The smallest absolute Gasteiger partial charge is 0.169 e. The second-order valence-corrected chi connectivity index (χ2v) is 10.5. The van der Waals surface area contributed by atoms with Crippen LogP contribution >= 0.6 is 12.2 Å². The van der Waals surface area contributed by atoms with Gasteiger partial charge >= 0.3 is 0 Å². The molecule has 27 heavy (non-hydrogen) atoms. The number of piperidine rings is 1. The molecular weight excluding hydrogens is 354 g/mol. The third-order valence-electron chi connectivity index (χ3n) is 6.11. The molecule has 154 valence electrons. The summed E-state index contributed by atoms with van der Waals surface area (Å²) < 4.78 is 5.93. The van der Waals surface area contributed by atoms with E-state index in [1.54, 1.807) is 0 Å². The van der Waals surface area contributed by atoms with E-state index < -0.39 is 0 Å². The minimum Gasteiger partial charge on any atom is -0.376 e. The molecule has 0 aromatic heterocycles. The molecule has 2 atom stereocenters. The zero-order chi connectivity index (χ0) is 19.5. The van der Waals surface area contributed by atoms with Crippen LogP contribution in [-0.2, 0) is 4.74 Å². The van der Waals surface area contributed by atoms with Gasteiger partial charge in [0, 0.05) is 36.8 Å². The van der Waals surface area contributed by atoms with Crippen LogP contribution in [-0.4, -0.2) is 52.9 Å². The van der Waals surface area contributed by atoms with Crippen LogP contribution in [0.25, 0.3) is 0 Å². The van der Waals surface area contributed by atoms with Gasteiger partial charge in [-0.1, -0.05) is 12.2 Å². The maximum absolute atomic E-state index is 5.93. The van der Waals surface area contributed by atoms with Gasteiger partial charge < -0.3 is 20.3 Å². The first-order valence-electron chi connectivity index (χ1n) is 10.8. The molecule has 4 nitrogen and oxygen atoms in total. The van der Waals surface area contributed by atoms with E-state index in [0.717, 1.165) is 44.1 Å². The molecule has 1 aliphatic carbocycles. The molecule has 0 aromatic rings. The number of hydrogen-bond acceptors (Lipinski definition) is 3. The molecule has 0 amide bonds. The Hall–Kier alpha value is -0.650. The Morgan fingerprint density at radius 3 is 2.48 bits per heavy atom. The van der Waals surface area contributed by atoms with Crippen LogP contribution in [0.1, 0.15) is 72.6 Å². The quantitative estimate of drug-likeness (QED) is 0.545. The first-order valence-corrected chi connectivity index (χ1v) is 11.2. The van der Waals surface area contributed by atoms with Crippen LogP contribution < -0.4 is 10.6 Å². The number of allylic oxidation sites excluding steroid dienone is 2. The van der Waals surface area contributed by atoms with Crippen LogP contribution in [0.3, 0.4) is 0 Å². The van der Waals surface area contributed by atoms with Gasteiger partial charge in [-0.3, -0.25) is 0 Å². The van der Waals surface area contributed by atoms with Gasteiger partial charge in [-0.2, -0.15) is 0 Å². The lowest BCUT2D eigenvalue weighted by Crippen LogP contribution is -2.63. The van der Waals surface area contributed by atoms with Gasteiger partial charge in [-0.05, 0) is 90.8 Å². The molecule has 0 radical (unpaired) electrons. The Labute approximate surface area is 171 Å². The van der Waals surface area contributed by atoms with Crippen LogP contribution in [0.4, 0.5) is 0 Å². The maximum Gasteiger partial charge on any atom is 0.169 e. The third kappa shape index (κ3) is 6.43. The van der Waals surface area contributed by atoms with E-state index >= 15 is 0 Å². The van der Waals surface area contributed by atoms with Gasteiger partial charge in [-0.25, -0.2) is 0 Å². The van der Waals surface area contributed by atoms with Gasteiger partial charge in [-0.15, -0.1) is 0 Å². The summed E-state index contributed by atoms with van der Waals surface area (Å²) in [6.45, 7) is 12.1. The van der Waals surface area contributed by atoms with E-state index in [1.807, 2.05) is 0 Å². The molecular formula is C22H39N3OS. The summed E-state index contributed by atoms with van der Waals surface area (Å²) in [4.78, 5) is 2.41. The number of rotatable bonds is 5. The van der Waals surface area contributed by atoms with Crippen molar-refractivity contribution in [3.8, 4) is 0 Å². The molecule has 2 fully saturated rings. The lowest BCUT2D eigenvalue weighted by molar-refractivity contribution is 0.0863. The van der Waals surface area contributed by atoms with Crippen LogP contribution in [0, 0.1) is 5.92 Å². The summed E-state index contributed by atoms with van der Waals surface area (Å²) in [6, 6.07) is 0.419. The van der Waals surface area contributed by atoms with E-state index in [2.05, 4.69) is 55.4 Å². The number of nitrogens with one attached hydrogen (secondary N) is 2. The van der Waals surface area contributed by atoms with Crippen molar-refractivity contribution >= 4 is 17.3 Å². The number of ether oxygens (including phenoxy) is 1. The second-order valence-electron chi connectivity index (χ2n) is 10.1. The average Bonchev–Trinajstić information content (AvgIpc) is 3.05. The normalized spacial score (nSPS) is 30.2. The van der Waals surface area contributed by atoms with Gasteiger partial charge in [0.15, 0.2) is 5.11 Å². The fourth-order valence-corrected chi connectivity index (χ4v) is 5.61. The number of nitrogens with zero attached hydrogens (tertiary/aromatic N) is 1. The largest absolute Gasteiger partial charge is 0.376 e. The molecule has 0 unspecified atom stereocenters. The summed E-state index contributed by atoms with van der Waals surface area (Å²) >= 11 is 5.93. The lowest BCUT2D eigenvalue weighted by Gasteiger charge is -2.47. The van der Waals surface area contributed by atoms with Gasteiger partial charge in [0.25, 0.3) is 0 Å². The maximum atomic E-state index is 5.93. The van der Waals surface area contributed by atoms with Crippen molar-refractivity contribution in [2.75, 3.05) is 19.7 Å². The Morgan fingerprint density at radius 1 is 1.15 bits per heavy atom. The van der Waals surface area contributed by atoms with E-state index in [9.17, 15) is 0 Å². The monoisotopic (exact) mass is 393 g/mol. The van der Waals surface area contributed by atoms with Crippen molar-refractivity contribution in [3.63, 3.8) is 0 Å². The van der Waals surface area contributed by atoms with Gasteiger partial charge in [0.1, 0.15) is 0 Å². The first kappa shape index (κ1) is 21.1. The molecule has 0 aromatic carbocycles. The summed E-state index contributed by atoms with van der Waals surface area (Å²) in [5.41, 5.74) is 0.255. The SMILES string of the molecule is CC1(C)CC(NC(=S)N(C[C@@H]2CC=CCC2)C[C@@H]2CCCO2)CC(C)(C)N1. The van der Waals surface area contributed by atoms with Crippen molar-refractivity contribution in [1.29, 1.82) is 0 Å². The zero-order valence-electron chi connectivity index (χ0n) is 17.7. The minimum absolute atomic E-state index is 0.128. The van der Waals surface area contributed by atoms with Crippen molar-refractivity contribution < 1.29 is 4.74 Å². The highest BCUT2D eigenvalue weighted by atomic mass is 32.1. The zero-order valence-corrected chi connectivity index (χ0v) is 18.5. The molecule has 0 bridgehead atoms. The molecule has 0 saturated carbocycles. The number of thiocarbonyl (C=S) groups is 1. The average molecular weight is 394 g/mol. The lowest BCUT2D eigenvalue weighted by atomic mass is 9.80. The first-order chi connectivity index (χ1) is 12.7. The highest BCUT2D eigenvalue weighted by Crippen LogP contribution is 2.29. The molecule has 2 heterocycles. The van der Waals surface area contributed by atoms with Crippen molar-refractivity contribution in [2.45, 2.75) is 95.9 Å². The topological polar surface area (TPSA) is 36.5 Å². The molecule has 5 heteroatoms. The van der Waals surface area contributed by atoms with E-state index in [1.165, 1.54) is 25.7 Å². The predicted octanol–water partition coefficient (Wildman–Crippen LogP) is 4.01. The van der Waals surface area contributed by atoms with E-state index in [0.29, 0.717) is 18.1 Å². The fourth-order valence-electron chi connectivity index (χ4n) is 5.30. The Bertz CT molecular complexity index is 524. The predicted molar refractivity (Wildman–Crippen MR) is 117 cm³/mol. The summed E-state index contributed by atoms with van der Waals surface area (Å²) in [5.74, 6) is 0.706. The van der Waals surface area contributed by atoms with Crippen LogP contribution in [0.15, 0.2) is 12.2 Å². The van der Waals surface area contributed by atoms with Crippen molar-refractivity contribution in [2.24, 2.45) is 5.92 Å². The molecule has 3 rings (SSSR count). The molecule has 2 N–H and O–H groups in total. The van der Waals surface area contributed by atoms with Gasteiger partial charge in [0.05, 0.1) is 6.10 Å². The van der Waals surface area contributed by atoms with E-state index in [4.69, 9.17) is 17.0 Å². The molecule has 0 spiro atoms. The summed E-state index contributed by atoms with van der Waals surface area (Å²) in [6.07, 6.45) is 13.2. The van der Waals surface area contributed by atoms with E-state index in [-0.39, 0.29) is 11.1 Å². The highest BCUT2D eigenvalue weighted by Gasteiger charge is 2.38. The summed E-state index contributed by atoms with van der Waals surface area (Å²) in [7, 11) is 0. The molecule has 2 saturated heterocycles. The summed E-state index contributed by atoms with van der Waals surface area (Å²) in [5, 5.41) is 8.43. The third-order valence-corrected chi connectivity index (χ3v) is 6.49. The van der Waals surface area contributed by atoms with Gasteiger partial charge in [0.2, 0.25) is 0 Å². The number of hydrogen-bond donors (Lipinski definition) is 2. The Morgan fingerprint density at radius 2 is 1.89 bits per heavy atom. The minimum atomic E-state index is 0.128. The van der Waals surface area contributed by atoms with Crippen molar-refractivity contribution in [3.05, 3.63) is 12.2 Å². The molecule has 2 aliphatic heterocycles. The standard InChI is InChI=1S/C22H39N3OS/c1-21(2)13-18(14-22(3,4)24-21)23-20(27)25(16-19-11-8-12-26-19)15-17-9-6-5-7-10-17/h5-6,17-19,24H,7-16H2,1-4H3,(H,23,27)/t17-,19+/m1/s1.